The maximum absolute atomic E-state index is 9.71. The van der Waals surface area contributed by atoms with Crippen LogP contribution < -0.4 is 5.11 Å². The topological polar surface area (TPSA) is 40.1 Å². The first-order valence-electron chi connectivity index (χ1n) is 2.52. The van der Waals surface area contributed by atoms with E-state index >= 15 is 0 Å². The van der Waals surface area contributed by atoms with Gasteiger partial charge in [0.1, 0.15) is 0 Å². The Morgan fingerprint density at radius 2 is 2.12 bits per heavy atom. The minimum absolute atomic E-state index is 0.285. The van der Waals surface area contributed by atoms with Gasteiger partial charge in [-0.3, -0.25) is 0 Å². The van der Waals surface area contributed by atoms with Crippen LogP contribution in [0, 0.1) is 5.92 Å². The molecule has 0 saturated carbocycles. The van der Waals surface area contributed by atoms with Crippen molar-refractivity contribution in [1.29, 1.82) is 0 Å². The Morgan fingerprint density at radius 1 is 1.62 bits per heavy atom. The lowest BCUT2D eigenvalue weighted by molar-refractivity contribution is -0.297. The first-order chi connectivity index (χ1) is 3.63. The Balaban J connectivity index is 3.50. The maximum Gasteiger partial charge on any atom is 0.0639 e. The van der Waals surface area contributed by atoms with Gasteiger partial charge in [0.2, 0.25) is 0 Å². The predicted octanol–water partition coefficient (Wildman–Crippen LogP) is -0.0515. The van der Waals surface area contributed by atoms with Gasteiger partial charge in [-0.15, -0.1) is 0 Å². The van der Waals surface area contributed by atoms with E-state index in [-0.39, 0.29) is 5.92 Å². The SMILES string of the molecule is CC(C)/C=C/C(=O)[O-]. The molecule has 0 radical (unpaired) electrons. The second-order valence-electron chi connectivity index (χ2n) is 1.92. The maximum atomic E-state index is 9.71. The first-order valence-corrected chi connectivity index (χ1v) is 2.52. The van der Waals surface area contributed by atoms with E-state index in [4.69, 9.17) is 0 Å². The van der Waals surface area contributed by atoms with Gasteiger partial charge >= 0.3 is 0 Å². The van der Waals surface area contributed by atoms with Gasteiger partial charge < -0.3 is 9.90 Å². The summed E-state index contributed by atoms with van der Waals surface area (Å²) in [5.74, 6) is -0.841. The first kappa shape index (κ1) is 7.21. The van der Waals surface area contributed by atoms with Crippen molar-refractivity contribution in [3.63, 3.8) is 0 Å². The van der Waals surface area contributed by atoms with Gasteiger partial charge in [0, 0.05) is 0 Å². The lowest BCUT2D eigenvalue weighted by Gasteiger charge is -1.93. The van der Waals surface area contributed by atoms with E-state index in [1.807, 2.05) is 13.8 Å². The molecule has 0 aromatic heterocycles. The highest BCUT2D eigenvalue weighted by atomic mass is 16.4. The summed E-state index contributed by atoms with van der Waals surface area (Å²) >= 11 is 0. The molecule has 0 aromatic carbocycles. The Bertz CT molecular complexity index is 103. The fraction of sp³-hybridized carbons (Fsp3) is 0.500. The molecule has 2 heteroatoms. The monoisotopic (exact) mass is 113 g/mol. The van der Waals surface area contributed by atoms with Crippen LogP contribution in [0.3, 0.4) is 0 Å². The van der Waals surface area contributed by atoms with E-state index in [0.717, 1.165) is 6.08 Å². The Kier molecular flexibility index (Phi) is 2.92. The minimum Gasteiger partial charge on any atom is -0.545 e. The van der Waals surface area contributed by atoms with Crippen LogP contribution in [0.25, 0.3) is 0 Å². The third-order valence-corrected chi connectivity index (χ3v) is 0.617. The summed E-state index contributed by atoms with van der Waals surface area (Å²) in [5.41, 5.74) is 0. The summed E-state index contributed by atoms with van der Waals surface area (Å²) < 4.78 is 0. The average Bonchev–Trinajstić information content (AvgIpc) is 1.61. The van der Waals surface area contributed by atoms with E-state index in [2.05, 4.69) is 0 Å². The van der Waals surface area contributed by atoms with Crippen molar-refractivity contribution in [2.45, 2.75) is 13.8 Å². The van der Waals surface area contributed by atoms with Gasteiger partial charge in [-0.2, -0.15) is 0 Å². The Hall–Kier alpha value is -0.790. The number of carboxylic acids is 1. The van der Waals surface area contributed by atoms with E-state index < -0.39 is 5.97 Å². The van der Waals surface area contributed by atoms with Gasteiger partial charge in [-0.05, 0) is 12.0 Å². The summed E-state index contributed by atoms with van der Waals surface area (Å²) in [6.07, 6.45) is 2.62. The average molecular weight is 113 g/mol. The van der Waals surface area contributed by atoms with Gasteiger partial charge in [-0.1, -0.05) is 19.9 Å². The number of hydrogen-bond donors (Lipinski definition) is 0. The molecular weight excluding hydrogens is 104 g/mol. The van der Waals surface area contributed by atoms with Crippen molar-refractivity contribution in [3.05, 3.63) is 12.2 Å². The van der Waals surface area contributed by atoms with Crippen molar-refractivity contribution in [1.82, 2.24) is 0 Å². The lowest BCUT2D eigenvalue weighted by Crippen LogP contribution is -2.18. The van der Waals surface area contributed by atoms with Gasteiger partial charge in [0.15, 0.2) is 0 Å². The minimum atomic E-state index is -1.13. The number of hydrogen-bond acceptors (Lipinski definition) is 2. The highest BCUT2D eigenvalue weighted by molar-refractivity contribution is 5.77. The molecule has 0 spiro atoms. The number of carbonyl (C=O) groups is 1. The highest BCUT2D eigenvalue weighted by Crippen LogP contribution is 1.91. The summed E-state index contributed by atoms with van der Waals surface area (Å²) in [7, 11) is 0. The predicted molar refractivity (Wildman–Crippen MR) is 29.0 cm³/mol. The summed E-state index contributed by atoms with van der Waals surface area (Å²) in [4.78, 5) is 9.71. The van der Waals surface area contributed by atoms with E-state index in [1.54, 1.807) is 6.08 Å². The van der Waals surface area contributed by atoms with E-state index in [0.29, 0.717) is 0 Å². The molecule has 0 fully saturated rings. The number of rotatable bonds is 2. The van der Waals surface area contributed by atoms with Crippen LogP contribution in [0.4, 0.5) is 0 Å². The molecule has 0 saturated heterocycles. The fourth-order valence-corrected chi connectivity index (χ4v) is 0.271. The molecule has 0 N–H and O–H groups in total. The van der Waals surface area contributed by atoms with Crippen LogP contribution in [0.15, 0.2) is 12.2 Å². The van der Waals surface area contributed by atoms with Crippen LogP contribution in [-0.2, 0) is 4.79 Å². The van der Waals surface area contributed by atoms with Crippen LogP contribution >= 0.6 is 0 Å². The quantitative estimate of drug-likeness (QED) is 0.471. The van der Waals surface area contributed by atoms with Crippen molar-refractivity contribution in [3.8, 4) is 0 Å². The molecule has 0 atom stereocenters. The number of carbonyl (C=O) groups excluding carboxylic acids is 1. The van der Waals surface area contributed by atoms with Crippen molar-refractivity contribution < 1.29 is 9.90 Å². The highest BCUT2D eigenvalue weighted by Gasteiger charge is 1.80. The molecule has 46 valence electrons. The van der Waals surface area contributed by atoms with Crippen LogP contribution in [0.5, 0.6) is 0 Å². The molecular formula is C6H9O2-. The van der Waals surface area contributed by atoms with Crippen LogP contribution in [0.1, 0.15) is 13.8 Å². The van der Waals surface area contributed by atoms with Gasteiger partial charge in [0.25, 0.3) is 0 Å². The summed E-state index contributed by atoms with van der Waals surface area (Å²) in [6.45, 7) is 3.80. The Labute approximate surface area is 48.8 Å². The standard InChI is InChI=1S/C6H10O2/c1-5(2)3-4-6(7)8/h3-5H,1-2H3,(H,7,8)/p-1/b4-3+. The van der Waals surface area contributed by atoms with Crippen LogP contribution in [-0.4, -0.2) is 5.97 Å². The second-order valence-corrected chi connectivity index (χ2v) is 1.92. The van der Waals surface area contributed by atoms with Gasteiger partial charge in [-0.25, -0.2) is 0 Å². The number of allylic oxidation sites excluding steroid dienone is 1. The molecule has 0 unspecified atom stereocenters. The lowest BCUT2D eigenvalue weighted by atomic mass is 10.2. The van der Waals surface area contributed by atoms with E-state index in [9.17, 15) is 9.90 Å². The van der Waals surface area contributed by atoms with Crippen molar-refractivity contribution in [2.75, 3.05) is 0 Å². The molecule has 0 aliphatic heterocycles. The molecule has 2 nitrogen and oxygen atoms in total. The fourth-order valence-electron chi connectivity index (χ4n) is 0.271. The normalized spacial score (nSPS) is 10.9. The summed E-state index contributed by atoms with van der Waals surface area (Å²) in [5, 5.41) is 9.71. The van der Waals surface area contributed by atoms with Crippen molar-refractivity contribution >= 4 is 5.97 Å². The molecule has 0 aromatic rings. The zero-order chi connectivity index (χ0) is 6.57. The summed E-state index contributed by atoms with van der Waals surface area (Å²) in [6, 6.07) is 0. The molecule has 0 bridgehead atoms. The zero-order valence-electron chi connectivity index (χ0n) is 5.05. The molecule has 0 rings (SSSR count). The molecule has 0 heterocycles. The molecule has 8 heavy (non-hydrogen) atoms. The number of carboxylic acid groups (broad SMARTS) is 1. The number of aliphatic carboxylic acids is 1. The Morgan fingerprint density at radius 3 is 2.25 bits per heavy atom. The molecule has 0 amide bonds. The van der Waals surface area contributed by atoms with Gasteiger partial charge in [0.05, 0.1) is 5.97 Å². The zero-order valence-corrected chi connectivity index (χ0v) is 5.05. The second kappa shape index (κ2) is 3.24. The third kappa shape index (κ3) is 5.21. The smallest absolute Gasteiger partial charge is 0.0639 e. The third-order valence-electron chi connectivity index (χ3n) is 0.617. The van der Waals surface area contributed by atoms with E-state index in [1.165, 1.54) is 0 Å². The van der Waals surface area contributed by atoms with Crippen molar-refractivity contribution in [2.24, 2.45) is 5.92 Å². The largest absolute Gasteiger partial charge is 0.545 e. The molecule has 0 aliphatic carbocycles. The molecule has 0 aliphatic rings. The van der Waals surface area contributed by atoms with Crippen LogP contribution in [0.2, 0.25) is 0 Å².